The number of hydrogen-bond acceptors (Lipinski definition) is 9. The molecule has 0 aliphatic carbocycles. The standard InChI is InChI=1S/C22H33NO2S6/c1-4-6-8-10-14-24-17-18(25-15-11-9-7-5-2)29-21(28-17)22-30-19(26-3)20(31-22)27-16-12-13-23/h4-12,14-16H2,1-3H3. The van der Waals surface area contributed by atoms with Crippen molar-refractivity contribution in [2.45, 2.75) is 71.6 Å². The molecule has 0 bridgehead atoms. The minimum atomic E-state index is 0.587. The van der Waals surface area contributed by atoms with Gasteiger partial charge in [-0.3, -0.25) is 0 Å². The molecular formula is C22H33NO2S6. The van der Waals surface area contributed by atoms with E-state index in [1.165, 1.54) is 55.5 Å². The van der Waals surface area contributed by atoms with E-state index in [1.807, 2.05) is 23.5 Å². The van der Waals surface area contributed by atoms with Crippen LogP contribution < -0.4 is 0 Å². The largest absolute Gasteiger partial charge is 0.483 e. The molecular weight excluding hydrogens is 503 g/mol. The van der Waals surface area contributed by atoms with Gasteiger partial charge in [0.15, 0.2) is 0 Å². The van der Waals surface area contributed by atoms with E-state index in [0.717, 1.165) is 42.0 Å². The van der Waals surface area contributed by atoms with E-state index in [0.29, 0.717) is 6.42 Å². The van der Waals surface area contributed by atoms with E-state index in [4.69, 9.17) is 14.7 Å². The van der Waals surface area contributed by atoms with Gasteiger partial charge in [-0.1, -0.05) is 75.9 Å². The van der Waals surface area contributed by atoms with Gasteiger partial charge in [0.2, 0.25) is 10.2 Å². The third-order valence-corrected chi connectivity index (χ3v) is 12.6. The third kappa shape index (κ3) is 10.1. The molecule has 174 valence electrons. The Morgan fingerprint density at radius 1 is 0.774 bits per heavy atom. The van der Waals surface area contributed by atoms with E-state index in [-0.39, 0.29) is 0 Å². The molecule has 0 aromatic heterocycles. The average Bonchev–Trinajstić information content (AvgIpc) is 3.37. The number of unbranched alkanes of at least 4 members (excludes halogenated alkanes) is 6. The van der Waals surface area contributed by atoms with Gasteiger partial charge in [-0.25, -0.2) is 0 Å². The van der Waals surface area contributed by atoms with Crippen molar-refractivity contribution in [1.82, 2.24) is 0 Å². The Kier molecular flexibility index (Phi) is 15.1. The van der Waals surface area contributed by atoms with E-state index >= 15 is 0 Å². The Balaban J connectivity index is 1.97. The number of hydrogen-bond donors (Lipinski definition) is 0. The van der Waals surface area contributed by atoms with Crippen LogP contribution in [0.1, 0.15) is 71.6 Å². The normalized spacial score (nSPS) is 16.5. The molecule has 0 aromatic rings. The maximum Gasteiger partial charge on any atom is 0.208 e. The van der Waals surface area contributed by atoms with Crippen molar-refractivity contribution in [2.75, 3.05) is 25.2 Å². The second kappa shape index (κ2) is 16.9. The van der Waals surface area contributed by atoms with Gasteiger partial charge in [-0.15, -0.1) is 23.5 Å². The van der Waals surface area contributed by atoms with Crippen LogP contribution in [0.2, 0.25) is 0 Å². The Labute approximate surface area is 214 Å². The Bertz CT molecular complexity index is 671. The quantitative estimate of drug-likeness (QED) is 0.180. The molecule has 0 atom stereocenters. The number of ether oxygens (including phenoxy) is 2. The lowest BCUT2D eigenvalue weighted by Crippen LogP contribution is -1.97. The summed E-state index contributed by atoms with van der Waals surface area (Å²) in [4.78, 5) is 0. The number of nitriles is 1. The van der Waals surface area contributed by atoms with Gasteiger partial charge in [-0.2, -0.15) is 5.26 Å². The van der Waals surface area contributed by atoms with Gasteiger partial charge in [0.25, 0.3) is 0 Å². The topological polar surface area (TPSA) is 42.2 Å². The van der Waals surface area contributed by atoms with Gasteiger partial charge < -0.3 is 9.47 Å². The van der Waals surface area contributed by atoms with Gasteiger partial charge in [0, 0.05) is 12.2 Å². The number of rotatable bonds is 16. The fourth-order valence-electron chi connectivity index (χ4n) is 2.68. The van der Waals surface area contributed by atoms with Crippen molar-refractivity contribution < 1.29 is 9.47 Å². The smallest absolute Gasteiger partial charge is 0.208 e. The van der Waals surface area contributed by atoms with Crippen LogP contribution in [0.25, 0.3) is 0 Å². The molecule has 0 fully saturated rings. The van der Waals surface area contributed by atoms with Crippen LogP contribution in [-0.4, -0.2) is 25.2 Å². The molecule has 2 aliphatic heterocycles. The Morgan fingerprint density at radius 2 is 1.32 bits per heavy atom. The van der Waals surface area contributed by atoms with Crippen LogP contribution in [0.15, 0.2) is 27.1 Å². The highest BCUT2D eigenvalue weighted by atomic mass is 32.3. The highest BCUT2D eigenvalue weighted by Gasteiger charge is 2.32. The van der Waals surface area contributed by atoms with Crippen LogP contribution in [0.5, 0.6) is 0 Å². The molecule has 0 unspecified atom stereocenters. The fraction of sp³-hybridized carbons (Fsp3) is 0.682. The molecule has 0 spiro atoms. The van der Waals surface area contributed by atoms with Crippen molar-refractivity contribution in [2.24, 2.45) is 0 Å². The minimum absolute atomic E-state index is 0.587. The lowest BCUT2D eigenvalue weighted by atomic mass is 10.2. The molecule has 2 rings (SSSR count). The van der Waals surface area contributed by atoms with Crippen LogP contribution >= 0.6 is 70.6 Å². The van der Waals surface area contributed by atoms with Crippen LogP contribution in [0.3, 0.4) is 0 Å². The monoisotopic (exact) mass is 535 g/mol. The first-order valence-electron chi connectivity index (χ1n) is 11.0. The summed E-state index contributed by atoms with van der Waals surface area (Å²) in [5.41, 5.74) is 0. The van der Waals surface area contributed by atoms with E-state index in [1.54, 1.807) is 47.0 Å². The first-order chi connectivity index (χ1) is 15.2. The first-order valence-corrected chi connectivity index (χ1v) is 16.4. The maximum absolute atomic E-state index is 8.84. The number of nitrogens with zero attached hydrogens (tertiary/aromatic N) is 1. The fourth-order valence-corrected chi connectivity index (χ4v) is 10.6. The first kappa shape index (κ1) is 27.7. The molecule has 0 saturated heterocycles. The van der Waals surface area contributed by atoms with Crippen molar-refractivity contribution in [3.8, 4) is 6.07 Å². The predicted molar refractivity (Wildman–Crippen MR) is 148 cm³/mol. The van der Waals surface area contributed by atoms with Crippen LogP contribution in [-0.2, 0) is 9.47 Å². The summed E-state index contributed by atoms with van der Waals surface area (Å²) >= 11 is 10.7. The van der Waals surface area contributed by atoms with E-state index in [2.05, 4.69) is 26.2 Å². The van der Waals surface area contributed by atoms with E-state index < -0.39 is 0 Å². The number of thioether (sulfide) groups is 6. The SMILES string of the molecule is CCCCCCOC1=C(OCCCCCC)SC(=C2SC(SC)=C(SCCC#N)S2)S1. The van der Waals surface area contributed by atoms with Gasteiger partial charge in [0.1, 0.15) is 0 Å². The highest BCUT2D eigenvalue weighted by Crippen LogP contribution is 2.63. The van der Waals surface area contributed by atoms with Gasteiger partial charge in [-0.05, 0) is 42.6 Å². The van der Waals surface area contributed by atoms with Crippen molar-refractivity contribution in [3.05, 3.63) is 27.1 Å². The second-order valence-corrected chi connectivity index (χ2v) is 13.9. The summed E-state index contributed by atoms with van der Waals surface area (Å²) < 4.78 is 17.6. The van der Waals surface area contributed by atoms with Gasteiger partial charge >= 0.3 is 0 Å². The zero-order valence-corrected chi connectivity index (χ0v) is 23.6. The zero-order valence-electron chi connectivity index (χ0n) is 18.7. The van der Waals surface area contributed by atoms with Crippen LogP contribution in [0, 0.1) is 11.3 Å². The van der Waals surface area contributed by atoms with E-state index in [9.17, 15) is 0 Å². The Hall–Kier alpha value is 0.410. The highest BCUT2D eigenvalue weighted by molar-refractivity contribution is 8.42. The molecule has 0 N–H and O–H groups in total. The lowest BCUT2D eigenvalue weighted by molar-refractivity contribution is 0.184. The summed E-state index contributed by atoms with van der Waals surface area (Å²) in [7, 11) is 0. The predicted octanol–water partition coefficient (Wildman–Crippen LogP) is 9.53. The summed E-state index contributed by atoms with van der Waals surface area (Å²) in [6.45, 7) is 5.99. The molecule has 0 radical (unpaired) electrons. The molecule has 9 heteroatoms. The lowest BCUT2D eigenvalue weighted by Gasteiger charge is -2.09. The van der Waals surface area contributed by atoms with Gasteiger partial charge in [0.05, 0.1) is 36.2 Å². The van der Waals surface area contributed by atoms with Crippen LogP contribution in [0.4, 0.5) is 0 Å². The summed E-state index contributed by atoms with van der Waals surface area (Å²) in [5, 5.41) is 10.7. The third-order valence-electron chi connectivity index (χ3n) is 4.34. The second-order valence-electron chi connectivity index (χ2n) is 6.91. The van der Waals surface area contributed by atoms with Crippen molar-refractivity contribution in [3.63, 3.8) is 0 Å². The molecule has 0 saturated carbocycles. The minimum Gasteiger partial charge on any atom is -0.483 e. The van der Waals surface area contributed by atoms with Crippen molar-refractivity contribution >= 4 is 70.6 Å². The summed E-state index contributed by atoms with van der Waals surface area (Å²) in [5.74, 6) is 0.850. The molecule has 0 amide bonds. The Morgan fingerprint density at radius 3 is 1.84 bits per heavy atom. The molecule has 0 aromatic carbocycles. The summed E-state index contributed by atoms with van der Waals surface area (Å²) in [6, 6.07) is 2.24. The molecule has 3 nitrogen and oxygen atoms in total. The maximum atomic E-state index is 8.84. The average molecular weight is 536 g/mol. The molecule has 31 heavy (non-hydrogen) atoms. The summed E-state index contributed by atoms with van der Waals surface area (Å²) in [6.07, 6.45) is 12.4. The molecule has 2 heterocycles. The molecule has 2 aliphatic rings. The van der Waals surface area contributed by atoms with Crippen molar-refractivity contribution in [1.29, 1.82) is 5.26 Å². The zero-order chi connectivity index (χ0) is 22.3.